The van der Waals surface area contributed by atoms with Crippen LogP contribution in [-0.4, -0.2) is 40.0 Å². The van der Waals surface area contributed by atoms with Crippen LogP contribution < -0.4 is 16.6 Å². The number of nitrogens with one attached hydrogen (secondary N) is 2. The number of hydrogen-bond donors (Lipinski definition) is 3. The highest BCUT2D eigenvalue weighted by Gasteiger charge is 2.12. The molecule has 0 aliphatic carbocycles. The summed E-state index contributed by atoms with van der Waals surface area (Å²) in [5.74, 6) is 6.69. The maximum atomic E-state index is 5.30. The van der Waals surface area contributed by atoms with Crippen LogP contribution in [0.25, 0.3) is 0 Å². The second kappa shape index (κ2) is 7.13. The molecule has 18 heavy (non-hydrogen) atoms. The molecular formula is C12H24N6. The summed E-state index contributed by atoms with van der Waals surface area (Å²) in [5.41, 5.74) is 2.50. The second-order valence-corrected chi connectivity index (χ2v) is 4.78. The average molecular weight is 252 g/mol. The topological polar surface area (TPSA) is 79.1 Å². The van der Waals surface area contributed by atoms with E-state index in [4.69, 9.17) is 5.84 Å². The number of hydrogen-bond acceptors (Lipinski definition) is 6. The molecule has 0 unspecified atom stereocenters. The molecule has 6 nitrogen and oxygen atoms in total. The maximum absolute atomic E-state index is 5.30. The van der Waals surface area contributed by atoms with Gasteiger partial charge >= 0.3 is 0 Å². The molecule has 0 saturated heterocycles. The molecule has 0 amide bonds. The minimum Gasteiger partial charge on any atom is -0.369 e. The molecule has 1 rings (SSSR count). The Bertz CT molecular complexity index is 344. The molecule has 1 heterocycles. The van der Waals surface area contributed by atoms with Crippen LogP contribution >= 0.6 is 0 Å². The molecule has 0 fully saturated rings. The Labute approximate surface area is 109 Å². The lowest BCUT2D eigenvalue weighted by atomic mass is 10.2. The molecule has 0 aliphatic heterocycles. The molecule has 1 aromatic heterocycles. The van der Waals surface area contributed by atoms with Crippen LogP contribution in [0.5, 0.6) is 0 Å². The first-order valence-electron chi connectivity index (χ1n) is 6.33. The van der Waals surface area contributed by atoms with Gasteiger partial charge in [0.15, 0.2) is 0 Å². The molecule has 0 bridgehead atoms. The number of hydrazine groups is 1. The van der Waals surface area contributed by atoms with Gasteiger partial charge in [0.25, 0.3) is 0 Å². The van der Waals surface area contributed by atoms with Crippen LogP contribution in [0.4, 0.5) is 11.6 Å². The standard InChI is InChI=1S/C12H24N6/c1-9(2)18(10(3)4)6-5-14-11-7-12(17-13)16-8-15-11/h7-10H,5-6,13H2,1-4H3,(H2,14,15,16,17). The summed E-state index contributed by atoms with van der Waals surface area (Å²) >= 11 is 0. The zero-order valence-electron chi connectivity index (χ0n) is 11.6. The van der Waals surface area contributed by atoms with E-state index in [9.17, 15) is 0 Å². The van der Waals surface area contributed by atoms with E-state index in [1.165, 1.54) is 6.33 Å². The van der Waals surface area contributed by atoms with Gasteiger partial charge in [0.2, 0.25) is 0 Å². The average Bonchev–Trinajstić information content (AvgIpc) is 2.34. The van der Waals surface area contributed by atoms with E-state index in [0.29, 0.717) is 17.9 Å². The van der Waals surface area contributed by atoms with E-state index < -0.39 is 0 Å². The van der Waals surface area contributed by atoms with Gasteiger partial charge in [0, 0.05) is 31.2 Å². The highest BCUT2D eigenvalue weighted by Crippen LogP contribution is 2.08. The highest BCUT2D eigenvalue weighted by atomic mass is 15.3. The van der Waals surface area contributed by atoms with E-state index >= 15 is 0 Å². The van der Waals surface area contributed by atoms with Crippen LogP contribution in [0.15, 0.2) is 12.4 Å². The van der Waals surface area contributed by atoms with Crippen molar-refractivity contribution in [3.63, 3.8) is 0 Å². The van der Waals surface area contributed by atoms with Crippen molar-refractivity contribution in [3.8, 4) is 0 Å². The van der Waals surface area contributed by atoms with E-state index in [1.54, 1.807) is 6.07 Å². The third kappa shape index (κ3) is 4.46. The maximum Gasteiger partial charge on any atom is 0.145 e. The lowest BCUT2D eigenvalue weighted by Crippen LogP contribution is -2.40. The summed E-state index contributed by atoms with van der Waals surface area (Å²) in [6, 6.07) is 2.87. The fraction of sp³-hybridized carbons (Fsp3) is 0.667. The van der Waals surface area contributed by atoms with Gasteiger partial charge in [-0.15, -0.1) is 0 Å². The monoisotopic (exact) mass is 252 g/mol. The third-order valence-corrected chi connectivity index (χ3v) is 2.82. The predicted octanol–water partition coefficient (Wildman–Crippen LogP) is 1.29. The summed E-state index contributed by atoms with van der Waals surface area (Å²) in [5, 5.41) is 3.27. The van der Waals surface area contributed by atoms with Crippen LogP contribution in [0, 0.1) is 0 Å². The Morgan fingerprint density at radius 3 is 2.33 bits per heavy atom. The Morgan fingerprint density at radius 1 is 1.17 bits per heavy atom. The van der Waals surface area contributed by atoms with Crippen molar-refractivity contribution in [2.24, 2.45) is 5.84 Å². The Balaban J connectivity index is 2.44. The van der Waals surface area contributed by atoms with Crippen molar-refractivity contribution < 1.29 is 0 Å². The lowest BCUT2D eigenvalue weighted by molar-refractivity contribution is 0.182. The first kappa shape index (κ1) is 14.7. The van der Waals surface area contributed by atoms with Gasteiger partial charge in [-0.3, -0.25) is 4.90 Å². The zero-order chi connectivity index (χ0) is 13.5. The van der Waals surface area contributed by atoms with Crippen molar-refractivity contribution in [1.82, 2.24) is 14.9 Å². The lowest BCUT2D eigenvalue weighted by Gasteiger charge is -2.30. The van der Waals surface area contributed by atoms with Crippen molar-refractivity contribution in [2.45, 2.75) is 39.8 Å². The molecule has 0 atom stereocenters. The van der Waals surface area contributed by atoms with Gasteiger partial charge in [-0.25, -0.2) is 15.8 Å². The van der Waals surface area contributed by atoms with Crippen LogP contribution in [-0.2, 0) is 0 Å². The van der Waals surface area contributed by atoms with Gasteiger partial charge < -0.3 is 10.7 Å². The fourth-order valence-electron chi connectivity index (χ4n) is 1.96. The largest absolute Gasteiger partial charge is 0.369 e. The van der Waals surface area contributed by atoms with Gasteiger partial charge in [-0.1, -0.05) is 0 Å². The summed E-state index contributed by atoms with van der Waals surface area (Å²) in [7, 11) is 0. The summed E-state index contributed by atoms with van der Waals surface area (Å²) < 4.78 is 0. The predicted molar refractivity (Wildman–Crippen MR) is 75.3 cm³/mol. The number of nitrogens with two attached hydrogens (primary N) is 1. The van der Waals surface area contributed by atoms with Crippen molar-refractivity contribution in [1.29, 1.82) is 0 Å². The van der Waals surface area contributed by atoms with Crippen molar-refractivity contribution >= 4 is 11.6 Å². The van der Waals surface area contributed by atoms with Crippen LogP contribution in [0.1, 0.15) is 27.7 Å². The smallest absolute Gasteiger partial charge is 0.145 e. The molecule has 4 N–H and O–H groups in total. The molecule has 0 radical (unpaired) electrons. The van der Waals surface area contributed by atoms with Crippen molar-refractivity contribution in [2.75, 3.05) is 23.8 Å². The zero-order valence-corrected chi connectivity index (χ0v) is 11.6. The van der Waals surface area contributed by atoms with Gasteiger partial charge in [0.1, 0.15) is 18.0 Å². The number of nitrogens with zero attached hydrogens (tertiary/aromatic N) is 3. The van der Waals surface area contributed by atoms with E-state index in [-0.39, 0.29) is 0 Å². The van der Waals surface area contributed by atoms with Gasteiger partial charge in [0.05, 0.1) is 0 Å². The Hall–Kier alpha value is -1.40. The summed E-state index contributed by atoms with van der Waals surface area (Å²) in [4.78, 5) is 10.5. The number of rotatable bonds is 7. The fourth-order valence-corrected chi connectivity index (χ4v) is 1.96. The van der Waals surface area contributed by atoms with Gasteiger partial charge in [-0.2, -0.15) is 0 Å². The SMILES string of the molecule is CC(C)N(CCNc1cc(NN)ncn1)C(C)C. The molecule has 0 aromatic carbocycles. The number of nitrogen functional groups attached to an aromatic ring is 1. The molecule has 0 saturated carbocycles. The van der Waals surface area contributed by atoms with Crippen LogP contribution in [0.3, 0.4) is 0 Å². The Morgan fingerprint density at radius 2 is 1.78 bits per heavy atom. The molecule has 102 valence electrons. The van der Waals surface area contributed by atoms with Crippen LogP contribution in [0.2, 0.25) is 0 Å². The molecule has 6 heteroatoms. The van der Waals surface area contributed by atoms with E-state index in [0.717, 1.165) is 18.9 Å². The molecule has 0 spiro atoms. The molecular weight excluding hydrogens is 228 g/mol. The van der Waals surface area contributed by atoms with Gasteiger partial charge in [-0.05, 0) is 27.7 Å². The minimum absolute atomic E-state index is 0.540. The van der Waals surface area contributed by atoms with Crippen molar-refractivity contribution in [3.05, 3.63) is 12.4 Å². The first-order valence-corrected chi connectivity index (χ1v) is 6.33. The quantitative estimate of drug-likeness (QED) is 0.501. The molecule has 1 aromatic rings. The summed E-state index contributed by atoms with van der Waals surface area (Å²) in [6.07, 6.45) is 1.49. The number of aromatic nitrogens is 2. The number of anilines is 2. The minimum atomic E-state index is 0.540. The Kier molecular flexibility index (Phi) is 5.80. The third-order valence-electron chi connectivity index (χ3n) is 2.82. The van der Waals surface area contributed by atoms with E-state index in [2.05, 4.69) is 53.3 Å². The molecule has 0 aliphatic rings. The van der Waals surface area contributed by atoms with E-state index in [1.807, 2.05) is 0 Å². The second-order valence-electron chi connectivity index (χ2n) is 4.78. The highest BCUT2D eigenvalue weighted by molar-refractivity contribution is 5.45. The first-order chi connectivity index (χ1) is 8.54. The summed E-state index contributed by atoms with van der Waals surface area (Å²) in [6.45, 7) is 10.7. The normalized spacial score (nSPS) is 11.3.